The van der Waals surface area contributed by atoms with E-state index < -0.39 is 23.7 Å². The summed E-state index contributed by atoms with van der Waals surface area (Å²) < 4.78 is 24.6. The lowest BCUT2D eigenvalue weighted by molar-refractivity contribution is -0.138. The Bertz CT molecular complexity index is 454. The molecule has 1 aromatic rings. The Kier molecular flexibility index (Phi) is 5.08. The van der Waals surface area contributed by atoms with Crippen molar-refractivity contribution in [2.45, 2.75) is 23.6 Å². The van der Waals surface area contributed by atoms with Gasteiger partial charge in [-0.15, -0.1) is 0 Å². The van der Waals surface area contributed by atoms with E-state index in [2.05, 4.69) is 5.32 Å². The fraction of sp³-hybridized carbons (Fsp3) is 0.273. The van der Waals surface area contributed by atoms with E-state index in [0.29, 0.717) is 0 Å². The fourth-order valence-corrected chi connectivity index (χ4v) is 1.83. The van der Waals surface area contributed by atoms with Crippen LogP contribution in [-0.4, -0.2) is 28.8 Å². The van der Waals surface area contributed by atoms with Crippen LogP contribution >= 0.6 is 11.8 Å². The summed E-state index contributed by atoms with van der Waals surface area (Å²) in [6.45, 7) is 1.29. The van der Waals surface area contributed by atoms with Crippen molar-refractivity contribution < 1.29 is 23.5 Å². The first-order valence-electron chi connectivity index (χ1n) is 4.99. The third-order valence-corrected chi connectivity index (χ3v) is 2.85. The molecule has 0 saturated carbocycles. The van der Waals surface area contributed by atoms with Gasteiger partial charge in [-0.2, -0.15) is 8.78 Å². The van der Waals surface area contributed by atoms with Gasteiger partial charge in [0.1, 0.15) is 6.04 Å². The Hall–Kier alpha value is -1.63. The summed E-state index contributed by atoms with van der Waals surface area (Å²) in [6.07, 6.45) is 0. The van der Waals surface area contributed by atoms with Gasteiger partial charge >= 0.3 is 5.97 Å². The summed E-state index contributed by atoms with van der Waals surface area (Å²) in [4.78, 5) is 22.4. The smallest absolute Gasteiger partial charge is 0.325 e. The summed E-state index contributed by atoms with van der Waals surface area (Å²) in [5.41, 5.74) is 0.0379. The van der Waals surface area contributed by atoms with Crippen LogP contribution in [0.25, 0.3) is 0 Å². The first kappa shape index (κ1) is 14.4. The van der Waals surface area contributed by atoms with Gasteiger partial charge in [-0.05, 0) is 19.1 Å². The summed E-state index contributed by atoms with van der Waals surface area (Å²) in [5, 5.41) is 10.9. The van der Waals surface area contributed by atoms with E-state index in [1.165, 1.54) is 31.2 Å². The third kappa shape index (κ3) is 3.99. The fourth-order valence-electron chi connectivity index (χ4n) is 1.19. The van der Waals surface area contributed by atoms with Gasteiger partial charge in [-0.1, -0.05) is 23.9 Å². The van der Waals surface area contributed by atoms with Gasteiger partial charge in [0.25, 0.3) is 11.7 Å². The number of hydrogen-bond donors (Lipinski definition) is 2. The van der Waals surface area contributed by atoms with Crippen LogP contribution in [0.3, 0.4) is 0 Å². The topological polar surface area (TPSA) is 66.4 Å². The maximum Gasteiger partial charge on any atom is 0.325 e. The zero-order valence-corrected chi connectivity index (χ0v) is 10.2. The van der Waals surface area contributed by atoms with E-state index in [-0.39, 0.29) is 22.2 Å². The quantitative estimate of drug-likeness (QED) is 0.808. The molecule has 18 heavy (non-hydrogen) atoms. The maximum atomic E-state index is 12.3. The molecule has 0 fully saturated rings. The van der Waals surface area contributed by atoms with Gasteiger partial charge in [0.15, 0.2) is 0 Å². The number of rotatable bonds is 5. The van der Waals surface area contributed by atoms with Crippen LogP contribution in [0.4, 0.5) is 8.78 Å². The Labute approximate surface area is 106 Å². The molecule has 4 nitrogen and oxygen atoms in total. The normalized spacial score (nSPS) is 12.2. The third-order valence-electron chi connectivity index (χ3n) is 2.07. The minimum absolute atomic E-state index is 0.0379. The largest absolute Gasteiger partial charge is 0.480 e. The predicted molar refractivity (Wildman–Crippen MR) is 62.9 cm³/mol. The number of thioether (sulfide) groups is 1. The van der Waals surface area contributed by atoms with Gasteiger partial charge in [0.2, 0.25) is 0 Å². The molecule has 0 aromatic heterocycles. The monoisotopic (exact) mass is 275 g/mol. The average Bonchev–Trinajstić information content (AvgIpc) is 2.28. The highest BCUT2D eigenvalue weighted by Gasteiger charge is 2.19. The molecule has 0 aliphatic rings. The van der Waals surface area contributed by atoms with Crippen LogP contribution in [-0.2, 0) is 4.79 Å². The van der Waals surface area contributed by atoms with Crippen molar-refractivity contribution >= 4 is 23.6 Å². The molecule has 0 aliphatic heterocycles. The van der Waals surface area contributed by atoms with Crippen molar-refractivity contribution in [1.82, 2.24) is 5.32 Å². The van der Waals surface area contributed by atoms with E-state index >= 15 is 0 Å². The molecule has 0 radical (unpaired) electrons. The Balaban J connectivity index is 2.88. The number of alkyl halides is 2. The zero-order chi connectivity index (χ0) is 13.7. The molecule has 7 heteroatoms. The first-order chi connectivity index (χ1) is 8.41. The summed E-state index contributed by atoms with van der Waals surface area (Å²) in [5.74, 6) is -4.52. The second kappa shape index (κ2) is 6.34. The Morgan fingerprint density at radius 2 is 1.94 bits per heavy atom. The maximum absolute atomic E-state index is 12.3. The number of benzene rings is 1. The number of carboxylic acids is 1. The highest BCUT2D eigenvalue weighted by atomic mass is 32.2. The number of hydrogen-bond acceptors (Lipinski definition) is 3. The summed E-state index contributed by atoms with van der Waals surface area (Å²) in [7, 11) is 0. The molecule has 0 unspecified atom stereocenters. The van der Waals surface area contributed by atoms with Crippen LogP contribution in [0.15, 0.2) is 29.2 Å². The highest BCUT2D eigenvalue weighted by molar-refractivity contribution is 7.99. The molecule has 1 amide bonds. The van der Waals surface area contributed by atoms with Crippen molar-refractivity contribution in [2.24, 2.45) is 0 Å². The van der Waals surface area contributed by atoms with Gasteiger partial charge in [0.05, 0.1) is 5.56 Å². The van der Waals surface area contributed by atoms with E-state index in [1.807, 2.05) is 0 Å². The van der Waals surface area contributed by atoms with Gasteiger partial charge in [0, 0.05) is 4.90 Å². The minimum atomic E-state index is -2.64. The molecular weight excluding hydrogens is 264 g/mol. The van der Waals surface area contributed by atoms with E-state index in [0.717, 1.165) is 0 Å². The standard InChI is InChI=1S/C11H11F2NO3S/c1-6(10(16)17)14-9(15)7-4-2-3-5-8(7)18-11(12)13/h2-6,11H,1H3,(H,14,15)(H,16,17)/t6-/m0/s1. The number of nitrogens with one attached hydrogen (secondary N) is 1. The van der Waals surface area contributed by atoms with Crippen LogP contribution in [0.5, 0.6) is 0 Å². The van der Waals surface area contributed by atoms with Crippen molar-refractivity contribution in [1.29, 1.82) is 0 Å². The zero-order valence-electron chi connectivity index (χ0n) is 9.39. The molecule has 0 bridgehead atoms. The minimum Gasteiger partial charge on any atom is -0.480 e. The van der Waals surface area contributed by atoms with E-state index in [4.69, 9.17) is 5.11 Å². The van der Waals surface area contributed by atoms with Gasteiger partial charge in [-0.3, -0.25) is 9.59 Å². The molecule has 0 spiro atoms. The van der Waals surface area contributed by atoms with Crippen LogP contribution in [0.1, 0.15) is 17.3 Å². The number of halogens is 2. The number of carbonyl (C=O) groups is 2. The van der Waals surface area contributed by atoms with Crippen molar-refractivity contribution in [2.75, 3.05) is 0 Å². The second-order valence-electron chi connectivity index (χ2n) is 3.41. The average molecular weight is 275 g/mol. The molecule has 2 N–H and O–H groups in total. The summed E-state index contributed by atoms with van der Waals surface area (Å²) in [6, 6.07) is 4.73. The van der Waals surface area contributed by atoms with E-state index in [1.54, 1.807) is 0 Å². The van der Waals surface area contributed by atoms with Crippen molar-refractivity contribution in [3.05, 3.63) is 29.8 Å². The Morgan fingerprint density at radius 3 is 2.50 bits per heavy atom. The number of carbonyl (C=O) groups excluding carboxylic acids is 1. The lowest BCUT2D eigenvalue weighted by atomic mass is 10.2. The molecule has 0 saturated heterocycles. The van der Waals surface area contributed by atoms with E-state index in [9.17, 15) is 18.4 Å². The molecular formula is C11H11F2NO3S. The lowest BCUT2D eigenvalue weighted by Gasteiger charge is -2.11. The van der Waals surface area contributed by atoms with Crippen LogP contribution in [0, 0.1) is 0 Å². The molecule has 0 aliphatic carbocycles. The second-order valence-corrected chi connectivity index (χ2v) is 4.44. The van der Waals surface area contributed by atoms with Crippen molar-refractivity contribution in [3.8, 4) is 0 Å². The van der Waals surface area contributed by atoms with Crippen LogP contribution < -0.4 is 5.32 Å². The Morgan fingerprint density at radius 1 is 1.33 bits per heavy atom. The molecule has 1 rings (SSSR count). The van der Waals surface area contributed by atoms with Gasteiger partial charge in [-0.25, -0.2) is 0 Å². The number of carboxylic acid groups (broad SMARTS) is 1. The highest BCUT2D eigenvalue weighted by Crippen LogP contribution is 2.28. The molecule has 98 valence electrons. The van der Waals surface area contributed by atoms with Crippen molar-refractivity contribution in [3.63, 3.8) is 0 Å². The summed E-state index contributed by atoms with van der Waals surface area (Å²) >= 11 is 0.247. The molecule has 1 atom stereocenters. The number of aliphatic carboxylic acids is 1. The predicted octanol–water partition coefficient (Wildman–Crippen LogP) is 2.20. The van der Waals surface area contributed by atoms with Crippen LogP contribution in [0.2, 0.25) is 0 Å². The first-order valence-corrected chi connectivity index (χ1v) is 5.87. The number of amides is 1. The SMILES string of the molecule is C[C@H](NC(=O)c1ccccc1SC(F)F)C(=O)O. The molecule has 1 aromatic carbocycles. The molecule has 0 heterocycles. The van der Waals surface area contributed by atoms with Gasteiger partial charge < -0.3 is 10.4 Å². The lowest BCUT2D eigenvalue weighted by Crippen LogP contribution is -2.38.